The summed E-state index contributed by atoms with van der Waals surface area (Å²) in [6.07, 6.45) is 2.55. The summed E-state index contributed by atoms with van der Waals surface area (Å²) in [5.41, 5.74) is 1.22. The first-order valence-corrected chi connectivity index (χ1v) is 12.6. The van der Waals surface area contributed by atoms with E-state index in [9.17, 15) is 13.2 Å². The summed E-state index contributed by atoms with van der Waals surface area (Å²) in [4.78, 5) is 14.8. The Morgan fingerprint density at radius 3 is 2.43 bits per heavy atom. The number of nitrogens with one attached hydrogen (secondary N) is 1. The van der Waals surface area contributed by atoms with Crippen molar-refractivity contribution in [2.75, 3.05) is 19.3 Å². The molecule has 2 aromatic carbocycles. The van der Waals surface area contributed by atoms with Crippen LogP contribution in [0.1, 0.15) is 43.4 Å². The molecule has 1 aliphatic rings. The number of ether oxygens (including phenoxy) is 1. The van der Waals surface area contributed by atoms with Crippen LogP contribution in [0, 0.1) is 0 Å². The van der Waals surface area contributed by atoms with Gasteiger partial charge in [-0.2, -0.15) is 0 Å². The predicted molar refractivity (Wildman–Crippen MR) is 121 cm³/mol. The standard InChI is InChI=1S/C22H27BrN2O4S/c1-17(18-9-11-20(23)12-10-18)25-16-14-22(29-21(25)26,19-7-4-3-5-8-19)13-6-15-24-30(2,27)28/h3-5,7-12,17,24H,6,13-16H2,1-2H3/t17-,22?/m0/s1. The zero-order chi connectivity index (χ0) is 21.8. The fourth-order valence-electron chi connectivity index (χ4n) is 3.84. The molecule has 8 heteroatoms. The minimum Gasteiger partial charge on any atom is -0.438 e. The summed E-state index contributed by atoms with van der Waals surface area (Å²) >= 11 is 3.44. The van der Waals surface area contributed by atoms with E-state index in [0.29, 0.717) is 32.4 Å². The van der Waals surface area contributed by atoms with E-state index in [1.54, 1.807) is 4.90 Å². The van der Waals surface area contributed by atoms with Crippen LogP contribution in [0.3, 0.4) is 0 Å². The summed E-state index contributed by atoms with van der Waals surface area (Å²) < 4.78 is 32.3. The van der Waals surface area contributed by atoms with Crippen molar-refractivity contribution in [3.63, 3.8) is 0 Å². The number of sulfonamides is 1. The van der Waals surface area contributed by atoms with Gasteiger partial charge in [-0.3, -0.25) is 0 Å². The molecule has 1 heterocycles. The van der Waals surface area contributed by atoms with E-state index >= 15 is 0 Å². The number of carbonyl (C=O) groups is 1. The van der Waals surface area contributed by atoms with E-state index < -0.39 is 15.6 Å². The Balaban J connectivity index is 1.75. The Hall–Kier alpha value is -1.90. The molecule has 0 aliphatic carbocycles. The van der Waals surface area contributed by atoms with Gasteiger partial charge in [-0.15, -0.1) is 0 Å². The van der Waals surface area contributed by atoms with Crippen LogP contribution in [0.5, 0.6) is 0 Å². The van der Waals surface area contributed by atoms with Gasteiger partial charge in [0.1, 0.15) is 5.60 Å². The quantitative estimate of drug-likeness (QED) is 0.545. The third-order valence-electron chi connectivity index (χ3n) is 5.52. The molecule has 0 spiro atoms. The van der Waals surface area contributed by atoms with Crippen molar-refractivity contribution in [1.29, 1.82) is 0 Å². The lowest BCUT2D eigenvalue weighted by Crippen LogP contribution is -2.49. The SMILES string of the molecule is C[C@@H](c1ccc(Br)cc1)N1CCC(CCCNS(C)(=O)=O)(c2ccccc2)OC1=O. The van der Waals surface area contributed by atoms with E-state index in [-0.39, 0.29) is 12.1 Å². The molecule has 0 radical (unpaired) electrons. The lowest BCUT2D eigenvalue weighted by atomic mass is 9.84. The van der Waals surface area contributed by atoms with E-state index in [4.69, 9.17) is 4.74 Å². The molecule has 2 atom stereocenters. The molecule has 1 amide bonds. The number of hydrogen-bond donors (Lipinski definition) is 1. The van der Waals surface area contributed by atoms with Crippen molar-refractivity contribution in [1.82, 2.24) is 9.62 Å². The highest BCUT2D eigenvalue weighted by Gasteiger charge is 2.43. The Morgan fingerprint density at radius 1 is 1.17 bits per heavy atom. The van der Waals surface area contributed by atoms with Crippen LogP contribution in [0.15, 0.2) is 59.1 Å². The van der Waals surface area contributed by atoms with Crippen LogP contribution in [0.4, 0.5) is 4.79 Å². The molecule has 3 rings (SSSR count). The second-order valence-corrected chi connectivity index (χ2v) is 10.4. The normalized spacial score (nSPS) is 20.6. The van der Waals surface area contributed by atoms with Gasteiger partial charge >= 0.3 is 6.09 Å². The van der Waals surface area contributed by atoms with Crippen LogP contribution < -0.4 is 4.72 Å². The Kier molecular flexibility index (Phi) is 7.21. The summed E-state index contributed by atoms with van der Waals surface area (Å²) in [6, 6.07) is 17.5. The highest BCUT2D eigenvalue weighted by molar-refractivity contribution is 9.10. The van der Waals surface area contributed by atoms with Gasteiger partial charge in [-0.25, -0.2) is 17.9 Å². The summed E-state index contributed by atoms with van der Waals surface area (Å²) in [5.74, 6) is 0. The molecule has 2 aromatic rings. The van der Waals surface area contributed by atoms with Crippen LogP contribution >= 0.6 is 15.9 Å². The maximum Gasteiger partial charge on any atom is 0.411 e. The van der Waals surface area contributed by atoms with Crippen LogP contribution in [0.2, 0.25) is 0 Å². The molecule has 1 fully saturated rings. The van der Waals surface area contributed by atoms with Gasteiger partial charge in [-0.1, -0.05) is 58.4 Å². The fraction of sp³-hybridized carbons (Fsp3) is 0.409. The molecular weight excluding hydrogens is 468 g/mol. The number of rotatable bonds is 8. The van der Waals surface area contributed by atoms with E-state index in [0.717, 1.165) is 21.9 Å². The zero-order valence-corrected chi connectivity index (χ0v) is 19.6. The molecule has 1 N–H and O–H groups in total. The zero-order valence-electron chi connectivity index (χ0n) is 17.2. The number of amides is 1. The first-order chi connectivity index (χ1) is 14.2. The molecule has 1 aliphatic heterocycles. The van der Waals surface area contributed by atoms with Crippen molar-refractivity contribution in [3.05, 3.63) is 70.2 Å². The molecule has 1 unspecified atom stereocenters. The number of hydrogen-bond acceptors (Lipinski definition) is 4. The molecular formula is C22H27BrN2O4S. The molecule has 1 saturated heterocycles. The van der Waals surface area contributed by atoms with Crippen molar-refractivity contribution in [2.45, 2.75) is 37.8 Å². The van der Waals surface area contributed by atoms with Gasteiger partial charge in [0.2, 0.25) is 10.0 Å². The molecule has 0 saturated carbocycles. The largest absolute Gasteiger partial charge is 0.438 e. The third kappa shape index (κ3) is 5.62. The van der Waals surface area contributed by atoms with Gasteiger partial charge in [0.25, 0.3) is 0 Å². The second-order valence-electron chi connectivity index (χ2n) is 7.67. The average molecular weight is 495 g/mol. The monoisotopic (exact) mass is 494 g/mol. The molecule has 162 valence electrons. The smallest absolute Gasteiger partial charge is 0.411 e. The van der Waals surface area contributed by atoms with Crippen molar-refractivity contribution in [2.24, 2.45) is 0 Å². The molecule has 30 heavy (non-hydrogen) atoms. The lowest BCUT2D eigenvalue weighted by Gasteiger charge is -2.43. The fourth-order valence-corrected chi connectivity index (χ4v) is 4.62. The van der Waals surface area contributed by atoms with Gasteiger partial charge in [0.05, 0.1) is 12.3 Å². The van der Waals surface area contributed by atoms with E-state index in [1.165, 1.54) is 0 Å². The Bertz CT molecular complexity index is 966. The van der Waals surface area contributed by atoms with E-state index in [1.807, 2.05) is 61.5 Å². The van der Waals surface area contributed by atoms with Gasteiger partial charge in [0, 0.05) is 24.0 Å². The highest BCUT2D eigenvalue weighted by atomic mass is 79.9. The molecule has 0 bridgehead atoms. The maximum absolute atomic E-state index is 13.0. The van der Waals surface area contributed by atoms with E-state index in [2.05, 4.69) is 20.7 Å². The van der Waals surface area contributed by atoms with Crippen LogP contribution in [-0.2, 0) is 20.4 Å². The van der Waals surface area contributed by atoms with Gasteiger partial charge < -0.3 is 9.64 Å². The number of cyclic esters (lactones) is 1. The summed E-state index contributed by atoms with van der Waals surface area (Å²) in [5, 5.41) is 0. The minimum absolute atomic E-state index is 0.105. The molecule has 6 nitrogen and oxygen atoms in total. The van der Waals surface area contributed by atoms with Crippen molar-refractivity contribution in [3.8, 4) is 0 Å². The second kappa shape index (κ2) is 9.49. The topological polar surface area (TPSA) is 75.7 Å². The predicted octanol–water partition coefficient (Wildman–Crippen LogP) is 4.58. The summed E-state index contributed by atoms with van der Waals surface area (Å²) in [6.45, 7) is 2.87. The minimum atomic E-state index is -3.25. The molecule has 0 aromatic heterocycles. The number of carbonyl (C=O) groups excluding carboxylic acids is 1. The third-order valence-corrected chi connectivity index (χ3v) is 6.77. The van der Waals surface area contributed by atoms with Gasteiger partial charge in [0.15, 0.2) is 0 Å². The number of nitrogens with zero attached hydrogens (tertiary/aromatic N) is 1. The summed E-state index contributed by atoms with van der Waals surface area (Å²) in [7, 11) is -3.25. The lowest BCUT2D eigenvalue weighted by molar-refractivity contribution is -0.0662. The Morgan fingerprint density at radius 2 is 1.83 bits per heavy atom. The number of benzene rings is 2. The van der Waals surface area contributed by atoms with Crippen LogP contribution in [0.25, 0.3) is 0 Å². The van der Waals surface area contributed by atoms with Crippen molar-refractivity contribution >= 4 is 32.0 Å². The average Bonchev–Trinajstić information content (AvgIpc) is 2.71. The van der Waals surface area contributed by atoms with Crippen LogP contribution in [-0.4, -0.2) is 38.8 Å². The Labute approximate surface area is 186 Å². The first kappa shape index (κ1) is 22.8. The maximum atomic E-state index is 13.0. The van der Waals surface area contributed by atoms with Crippen molar-refractivity contribution < 1.29 is 17.9 Å². The first-order valence-electron chi connectivity index (χ1n) is 9.95. The van der Waals surface area contributed by atoms with Gasteiger partial charge in [-0.05, 0) is 43.0 Å². The number of halogens is 1. The highest BCUT2D eigenvalue weighted by Crippen LogP contribution is 2.40.